The zero-order valence-corrected chi connectivity index (χ0v) is 21.2. The molecule has 4 rings (SSSR count). The van der Waals surface area contributed by atoms with E-state index in [1.165, 1.54) is 11.8 Å². The Labute approximate surface area is 210 Å². The fourth-order valence-corrected chi connectivity index (χ4v) is 5.27. The van der Waals surface area contributed by atoms with Crippen LogP contribution in [0, 0.1) is 5.92 Å². The summed E-state index contributed by atoms with van der Waals surface area (Å²) in [5.74, 6) is 2.04. The molecule has 1 fully saturated rings. The zero-order chi connectivity index (χ0) is 24.5. The average molecular weight is 474 g/mol. The van der Waals surface area contributed by atoms with Crippen molar-refractivity contribution in [1.82, 2.24) is 9.88 Å². The maximum absolute atomic E-state index is 13.6. The topological polar surface area (TPSA) is 45.7 Å². The minimum absolute atomic E-state index is 0.0310. The molecule has 186 valence electrons. The van der Waals surface area contributed by atoms with Crippen molar-refractivity contribution < 1.29 is 9.53 Å². The van der Waals surface area contributed by atoms with E-state index >= 15 is 0 Å². The van der Waals surface area contributed by atoms with Crippen LogP contribution in [0.1, 0.15) is 52.4 Å². The number of anilines is 1. The fraction of sp³-hybridized carbons (Fsp3) is 0.467. The molecule has 1 amide bonds. The van der Waals surface area contributed by atoms with Crippen LogP contribution in [0.4, 0.5) is 5.82 Å². The van der Waals surface area contributed by atoms with Crippen molar-refractivity contribution in [2.24, 2.45) is 5.92 Å². The third-order valence-corrected chi connectivity index (χ3v) is 7.01. The van der Waals surface area contributed by atoms with Crippen LogP contribution in [-0.4, -0.2) is 48.1 Å². The number of hydrogen-bond donors (Lipinski definition) is 0. The standard InChI is InChI=1S/C30H39N3O2/c1-3-20-32(21-22-35-28-17-11-15-25-12-7-8-16-27(25)28)23-24(2)33(29-18-9-10-19-31-29)30(34)26-13-5-4-6-14-26/h7-12,15-19,24,26H,3-6,13-14,20-23H2,1-2H3. The molecule has 3 aromatic rings. The van der Waals surface area contributed by atoms with Crippen molar-refractivity contribution >= 4 is 22.5 Å². The highest BCUT2D eigenvalue weighted by Gasteiger charge is 2.31. The summed E-state index contributed by atoms with van der Waals surface area (Å²) in [7, 11) is 0. The number of fused-ring (bicyclic) bond motifs is 1. The third kappa shape index (κ3) is 6.61. The van der Waals surface area contributed by atoms with E-state index in [0.29, 0.717) is 6.61 Å². The summed E-state index contributed by atoms with van der Waals surface area (Å²) in [6.07, 6.45) is 8.36. The molecular weight excluding hydrogens is 434 g/mol. The predicted octanol–water partition coefficient (Wildman–Crippen LogP) is 6.33. The number of nitrogens with zero attached hydrogens (tertiary/aromatic N) is 3. The lowest BCUT2D eigenvalue weighted by Gasteiger charge is -2.35. The lowest BCUT2D eigenvalue weighted by atomic mass is 9.88. The van der Waals surface area contributed by atoms with Gasteiger partial charge in [0.15, 0.2) is 0 Å². The van der Waals surface area contributed by atoms with Crippen LogP contribution < -0.4 is 9.64 Å². The SMILES string of the molecule is CCCN(CCOc1cccc2ccccc12)CC(C)N(C(=O)C1CCCCC1)c1ccccn1. The van der Waals surface area contributed by atoms with Gasteiger partial charge in [-0.25, -0.2) is 4.98 Å². The normalized spacial score (nSPS) is 15.3. The molecule has 0 bridgehead atoms. The third-order valence-electron chi connectivity index (χ3n) is 7.01. The van der Waals surface area contributed by atoms with E-state index in [-0.39, 0.29) is 17.9 Å². The number of hydrogen-bond acceptors (Lipinski definition) is 4. The van der Waals surface area contributed by atoms with Crippen LogP contribution in [0.15, 0.2) is 66.9 Å². The Kier molecular flexibility index (Phi) is 9.13. The van der Waals surface area contributed by atoms with Gasteiger partial charge in [0.25, 0.3) is 0 Å². The minimum Gasteiger partial charge on any atom is -0.492 e. The Morgan fingerprint density at radius 2 is 1.77 bits per heavy atom. The number of aromatic nitrogens is 1. The summed E-state index contributed by atoms with van der Waals surface area (Å²) in [5.41, 5.74) is 0. The second-order valence-corrected chi connectivity index (χ2v) is 9.71. The van der Waals surface area contributed by atoms with Crippen molar-refractivity contribution in [3.05, 3.63) is 66.9 Å². The molecule has 2 aromatic carbocycles. The first-order valence-corrected chi connectivity index (χ1v) is 13.2. The zero-order valence-electron chi connectivity index (χ0n) is 21.2. The van der Waals surface area contributed by atoms with E-state index < -0.39 is 0 Å². The van der Waals surface area contributed by atoms with E-state index in [1.54, 1.807) is 6.20 Å². The van der Waals surface area contributed by atoms with Crippen LogP contribution in [0.5, 0.6) is 5.75 Å². The quantitative estimate of drug-likeness (QED) is 0.327. The summed E-state index contributed by atoms with van der Waals surface area (Å²) in [6.45, 7) is 7.55. The first-order valence-electron chi connectivity index (χ1n) is 13.2. The van der Waals surface area contributed by atoms with E-state index in [0.717, 1.165) is 68.7 Å². The van der Waals surface area contributed by atoms with Crippen LogP contribution >= 0.6 is 0 Å². The van der Waals surface area contributed by atoms with Gasteiger partial charge in [0, 0.05) is 36.6 Å². The lowest BCUT2D eigenvalue weighted by molar-refractivity contribution is -0.123. The summed E-state index contributed by atoms with van der Waals surface area (Å²) >= 11 is 0. The molecule has 0 saturated heterocycles. The van der Waals surface area contributed by atoms with Gasteiger partial charge >= 0.3 is 0 Å². The second kappa shape index (κ2) is 12.7. The van der Waals surface area contributed by atoms with E-state index in [1.807, 2.05) is 35.2 Å². The van der Waals surface area contributed by atoms with Crippen LogP contribution in [0.3, 0.4) is 0 Å². The molecule has 0 aliphatic heterocycles. The number of rotatable bonds is 11. The maximum atomic E-state index is 13.6. The number of carbonyl (C=O) groups is 1. The molecule has 1 aliphatic rings. The highest BCUT2D eigenvalue weighted by molar-refractivity contribution is 5.94. The van der Waals surface area contributed by atoms with Crippen molar-refractivity contribution in [1.29, 1.82) is 0 Å². The molecule has 1 unspecified atom stereocenters. The van der Waals surface area contributed by atoms with Gasteiger partial charge in [-0.1, -0.05) is 68.7 Å². The monoisotopic (exact) mass is 473 g/mol. The fourth-order valence-electron chi connectivity index (χ4n) is 5.27. The first-order chi connectivity index (χ1) is 17.2. The summed E-state index contributed by atoms with van der Waals surface area (Å²) in [6, 6.07) is 20.4. The molecule has 35 heavy (non-hydrogen) atoms. The summed E-state index contributed by atoms with van der Waals surface area (Å²) in [5, 5.41) is 2.33. The van der Waals surface area contributed by atoms with E-state index in [4.69, 9.17) is 4.74 Å². The molecule has 5 heteroatoms. The maximum Gasteiger partial charge on any atom is 0.231 e. The largest absolute Gasteiger partial charge is 0.492 e. The van der Waals surface area contributed by atoms with Crippen LogP contribution in [0.25, 0.3) is 10.8 Å². The molecule has 0 N–H and O–H groups in total. The van der Waals surface area contributed by atoms with E-state index in [2.05, 4.69) is 54.1 Å². The molecule has 1 aliphatic carbocycles. The van der Waals surface area contributed by atoms with Gasteiger partial charge in [0.2, 0.25) is 5.91 Å². The number of amides is 1. The van der Waals surface area contributed by atoms with Gasteiger partial charge in [-0.2, -0.15) is 0 Å². The van der Waals surface area contributed by atoms with Gasteiger partial charge in [-0.3, -0.25) is 14.6 Å². The Bertz CT molecular complexity index is 1060. The predicted molar refractivity (Wildman–Crippen MR) is 144 cm³/mol. The van der Waals surface area contributed by atoms with Crippen molar-refractivity contribution in [2.75, 3.05) is 31.1 Å². The number of benzene rings is 2. The molecule has 0 spiro atoms. The van der Waals surface area contributed by atoms with Gasteiger partial charge in [-0.15, -0.1) is 0 Å². The van der Waals surface area contributed by atoms with Crippen molar-refractivity contribution in [3.63, 3.8) is 0 Å². The van der Waals surface area contributed by atoms with Crippen LogP contribution in [0.2, 0.25) is 0 Å². The minimum atomic E-state index is 0.0310. The molecule has 5 nitrogen and oxygen atoms in total. The number of pyridine rings is 1. The highest BCUT2D eigenvalue weighted by Crippen LogP contribution is 2.28. The highest BCUT2D eigenvalue weighted by atomic mass is 16.5. The Balaban J connectivity index is 1.43. The van der Waals surface area contributed by atoms with Crippen LogP contribution in [-0.2, 0) is 4.79 Å². The molecular formula is C30H39N3O2. The first kappa shape index (κ1) is 25.2. The molecule has 1 aromatic heterocycles. The lowest BCUT2D eigenvalue weighted by Crippen LogP contribution is -2.49. The number of carbonyl (C=O) groups excluding carboxylic acids is 1. The smallest absolute Gasteiger partial charge is 0.231 e. The van der Waals surface area contributed by atoms with Gasteiger partial charge in [-0.05, 0) is 56.3 Å². The Hall–Kier alpha value is -2.92. The Morgan fingerprint density at radius 1 is 1.00 bits per heavy atom. The molecule has 1 heterocycles. The van der Waals surface area contributed by atoms with Gasteiger partial charge < -0.3 is 4.74 Å². The summed E-state index contributed by atoms with van der Waals surface area (Å²) < 4.78 is 6.23. The van der Waals surface area contributed by atoms with Gasteiger partial charge in [0.05, 0.1) is 0 Å². The average Bonchev–Trinajstić information content (AvgIpc) is 2.90. The van der Waals surface area contributed by atoms with Crippen molar-refractivity contribution in [3.8, 4) is 5.75 Å². The Morgan fingerprint density at radius 3 is 2.54 bits per heavy atom. The summed E-state index contributed by atoms with van der Waals surface area (Å²) in [4.78, 5) is 22.6. The number of ether oxygens (including phenoxy) is 1. The molecule has 1 atom stereocenters. The van der Waals surface area contributed by atoms with Crippen molar-refractivity contribution in [2.45, 2.75) is 58.4 Å². The van der Waals surface area contributed by atoms with E-state index in [9.17, 15) is 4.79 Å². The second-order valence-electron chi connectivity index (χ2n) is 9.71. The molecule has 0 radical (unpaired) electrons. The molecule has 1 saturated carbocycles. The van der Waals surface area contributed by atoms with Gasteiger partial charge in [0.1, 0.15) is 18.2 Å².